The lowest BCUT2D eigenvalue weighted by Gasteiger charge is -2.17. The molecule has 3 N–H and O–H groups in total. The van der Waals surface area contributed by atoms with Crippen molar-refractivity contribution in [3.8, 4) is 11.5 Å². The Kier molecular flexibility index (Phi) is 4.71. The number of benzene rings is 1. The van der Waals surface area contributed by atoms with Crippen LogP contribution in [0.25, 0.3) is 0 Å². The zero-order valence-electron chi connectivity index (χ0n) is 10.4. The minimum Gasteiger partial charge on any atom is -0.493 e. The first kappa shape index (κ1) is 14.8. The van der Waals surface area contributed by atoms with Crippen molar-refractivity contribution in [1.82, 2.24) is 0 Å². The van der Waals surface area contributed by atoms with Gasteiger partial charge >= 0.3 is 11.9 Å². The van der Waals surface area contributed by atoms with Gasteiger partial charge in [-0.2, -0.15) is 0 Å². The molecule has 0 fully saturated rings. The molecular weight excluding hydrogens is 256 g/mol. The molecule has 0 radical (unpaired) electrons. The van der Waals surface area contributed by atoms with Gasteiger partial charge in [0.1, 0.15) is 6.10 Å². The number of aliphatic hydroxyl groups is 1. The molecular formula is C12H14O7. The fraction of sp³-hybridized carbons (Fsp3) is 0.333. The van der Waals surface area contributed by atoms with E-state index in [0.717, 1.165) is 0 Å². The quantitative estimate of drug-likeness (QED) is 0.646. The molecule has 1 aromatic carbocycles. The molecule has 0 amide bonds. The first-order valence-corrected chi connectivity index (χ1v) is 5.28. The van der Waals surface area contributed by atoms with Gasteiger partial charge in [-0.3, -0.25) is 9.59 Å². The summed E-state index contributed by atoms with van der Waals surface area (Å²) in [5.74, 6) is -4.52. The summed E-state index contributed by atoms with van der Waals surface area (Å²) in [6.45, 7) is 0. The molecule has 7 heteroatoms. The summed E-state index contributed by atoms with van der Waals surface area (Å²) in [6, 6.07) is 4.17. The maximum absolute atomic E-state index is 10.8. The number of aliphatic carboxylic acids is 2. The molecule has 104 valence electrons. The molecule has 1 atom stereocenters. The second-order valence-corrected chi connectivity index (χ2v) is 3.71. The van der Waals surface area contributed by atoms with Crippen LogP contribution in [0.15, 0.2) is 18.2 Å². The van der Waals surface area contributed by atoms with Crippen molar-refractivity contribution in [2.24, 2.45) is 5.92 Å². The Bertz CT molecular complexity index is 469. The van der Waals surface area contributed by atoms with Crippen LogP contribution in [-0.2, 0) is 9.59 Å². The number of hydrogen-bond donors (Lipinski definition) is 3. The zero-order chi connectivity index (χ0) is 14.6. The molecule has 1 aromatic rings. The van der Waals surface area contributed by atoms with Crippen LogP contribution in [0.5, 0.6) is 11.5 Å². The lowest BCUT2D eigenvalue weighted by Crippen LogP contribution is -2.29. The number of carboxylic acids is 2. The van der Waals surface area contributed by atoms with Gasteiger partial charge in [-0.25, -0.2) is 0 Å². The van der Waals surface area contributed by atoms with E-state index in [0.29, 0.717) is 5.75 Å². The maximum Gasteiger partial charge on any atom is 0.320 e. The lowest BCUT2D eigenvalue weighted by atomic mass is 9.95. The molecule has 0 heterocycles. The van der Waals surface area contributed by atoms with Gasteiger partial charge in [-0.15, -0.1) is 0 Å². The molecule has 19 heavy (non-hydrogen) atoms. The summed E-state index contributed by atoms with van der Waals surface area (Å²) in [6.07, 6.45) is -1.69. The van der Waals surface area contributed by atoms with Crippen LogP contribution in [0, 0.1) is 5.92 Å². The topological polar surface area (TPSA) is 113 Å². The second-order valence-electron chi connectivity index (χ2n) is 3.71. The van der Waals surface area contributed by atoms with Crippen molar-refractivity contribution in [3.05, 3.63) is 23.8 Å². The summed E-state index contributed by atoms with van der Waals surface area (Å²) in [4.78, 5) is 21.7. The molecule has 1 unspecified atom stereocenters. The first-order valence-electron chi connectivity index (χ1n) is 5.28. The van der Waals surface area contributed by atoms with Gasteiger partial charge in [0.25, 0.3) is 0 Å². The van der Waals surface area contributed by atoms with E-state index in [4.69, 9.17) is 19.7 Å². The minimum atomic E-state index is -1.95. The van der Waals surface area contributed by atoms with Crippen LogP contribution >= 0.6 is 0 Å². The number of hydrogen-bond acceptors (Lipinski definition) is 5. The number of rotatable bonds is 6. The van der Waals surface area contributed by atoms with E-state index in [9.17, 15) is 14.7 Å². The molecule has 0 bridgehead atoms. The molecule has 0 aliphatic heterocycles. The third-order valence-electron chi connectivity index (χ3n) is 2.60. The predicted octanol–water partition coefficient (Wildman–Crippen LogP) is 0.523. The first-order chi connectivity index (χ1) is 8.92. The van der Waals surface area contributed by atoms with Gasteiger partial charge in [-0.05, 0) is 17.7 Å². The molecule has 0 aromatic heterocycles. The van der Waals surface area contributed by atoms with Gasteiger partial charge in [0, 0.05) is 0 Å². The summed E-state index contributed by atoms with van der Waals surface area (Å²) in [5, 5.41) is 27.5. The average molecular weight is 270 g/mol. The maximum atomic E-state index is 10.8. The predicted molar refractivity (Wildman–Crippen MR) is 63.3 cm³/mol. The number of ether oxygens (including phenoxy) is 2. The minimum absolute atomic E-state index is 0.118. The fourth-order valence-corrected chi connectivity index (χ4v) is 1.60. The molecule has 0 aliphatic carbocycles. The van der Waals surface area contributed by atoms with Crippen LogP contribution in [-0.4, -0.2) is 41.5 Å². The van der Waals surface area contributed by atoms with Crippen LogP contribution in [0.3, 0.4) is 0 Å². The monoisotopic (exact) mass is 270 g/mol. The third kappa shape index (κ3) is 3.14. The Morgan fingerprint density at radius 3 is 2.00 bits per heavy atom. The van der Waals surface area contributed by atoms with Crippen LogP contribution in [0.4, 0.5) is 0 Å². The highest BCUT2D eigenvalue weighted by Gasteiger charge is 2.35. The summed E-state index contributed by atoms with van der Waals surface area (Å²) in [5.41, 5.74) is 0.118. The van der Waals surface area contributed by atoms with Crippen molar-refractivity contribution in [1.29, 1.82) is 0 Å². The van der Waals surface area contributed by atoms with Crippen molar-refractivity contribution in [2.45, 2.75) is 6.10 Å². The number of carboxylic acid groups (broad SMARTS) is 2. The number of carbonyl (C=O) groups is 2. The number of aliphatic hydroxyl groups excluding tert-OH is 1. The highest BCUT2D eigenvalue weighted by atomic mass is 16.5. The standard InChI is InChI=1S/C12H14O7/c1-18-7-4-3-6(5-8(7)19-2)10(13)9(11(14)15)12(16)17/h3-5,9-10,13H,1-2H3,(H,14,15)(H,16,17). The van der Waals surface area contributed by atoms with Crippen LogP contribution < -0.4 is 9.47 Å². The molecule has 0 saturated carbocycles. The lowest BCUT2D eigenvalue weighted by molar-refractivity contribution is -0.160. The summed E-state index contributed by atoms with van der Waals surface area (Å²) >= 11 is 0. The van der Waals surface area contributed by atoms with E-state index in [1.807, 2.05) is 0 Å². The largest absolute Gasteiger partial charge is 0.493 e. The van der Waals surface area contributed by atoms with Gasteiger partial charge in [0.15, 0.2) is 17.4 Å². The molecule has 1 rings (SSSR count). The normalized spacial score (nSPS) is 12.0. The SMILES string of the molecule is COc1ccc(C(O)C(C(=O)O)C(=O)O)cc1OC. The number of methoxy groups -OCH3 is 2. The molecule has 0 saturated heterocycles. The van der Waals surface area contributed by atoms with Crippen molar-refractivity contribution >= 4 is 11.9 Å². The van der Waals surface area contributed by atoms with Crippen LogP contribution in [0.2, 0.25) is 0 Å². The Morgan fingerprint density at radius 2 is 1.58 bits per heavy atom. The van der Waals surface area contributed by atoms with Gasteiger partial charge < -0.3 is 24.8 Å². The Hall–Kier alpha value is -2.28. The van der Waals surface area contributed by atoms with E-state index in [1.54, 1.807) is 0 Å². The Balaban J connectivity index is 3.15. The smallest absolute Gasteiger partial charge is 0.320 e. The summed E-state index contributed by atoms with van der Waals surface area (Å²) in [7, 11) is 2.80. The van der Waals surface area contributed by atoms with E-state index in [-0.39, 0.29) is 11.3 Å². The van der Waals surface area contributed by atoms with E-state index in [2.05, 4.69) is 0 Å². The Morgan fingerprint density at radius 1 is 1.05 bits per heavy atom. The summed E-state index contributed by atoms with van der Waals surface area (Å²) < 4.78 is 9.98. The third-order valence-corrected chi connectivity index (χ3v) is 2.60. The second kappa shape index (κ2) is 6.05. The highest BCUT2D eigenvalue weighted by Crippen LogP contribution is 2.32. The molecule has 0 aliphatic rings. The van der Waals surface area contributed by atoms with E-state index in [1.165, 1.54) is 32.4 Å². The zero-order valence-corrected chi connectivity index (χ0v) is 10.4. The van der Waals surface area contributed by atoms with Crippen molar-refractivity contribution < 1.29 is 34.4 Å². The van der Waals surface area contributed by atoms with E-state index >= 15 is 0 Å². The van der Waals surface area contributed by atoms with Crippen molar-refractivity contribution in [3.63, 3.8) is 0 Å². The average Bonchev–Trinajstić information content (AvgIpc) is 2.36. The molecule has 0 spiro atoms. The van der Waals surface area contributed by atoms with E-state index < -0.39 is 24.0 Å². The highest BCUT2D eigenvalue weighted by molar-refractivity contribution is 5.93. The van der Waals surface area contributed by atoms with Gasteiger partial charge in [-0.1, -0.05) is 6.07 Å². The Labute approximate surface area is 109 Å². The van der Waals surface area contributed by atoms with Gasteiger partial charge in [0.2, 0.25) is 0 Å². The fourth-order valence-electron chi connectivity index (χ4n) is 1.60. The van der Waals surface area contributed by atoms with Crippen LogP contribution in [0.1, 0.15) is 11.7 Å². The van der Waals surface area contributed by atoms with Gasteiger partial charge in [0.05, 0.1) is 14.2 Å². The van der Waals surface area contributed by atoms with Crippen molar-refractivity contribution in [2.75, 3.05) is 14.2 Å². The molecule has 7 nitrogen and oxygen atoms in total.